The highest BCUT2D eigenvalue weighted by Gasteiger charge is 2.24. The van der Waals surface area contributed by atoms with Crippen molar-refractivity contribution < 1.29 is 9.53 Å². The summed E-state index contributed by atoms with van der Waals surface area (Å²) < 4.78 is 6.18. The maximum atomic E-state index is 12.6. The molecular weight excluding hydrogens is 410 g/mol. The number of anilines is 1. The summed E-state index contributed by atoms with van der Waals surface area (Å²) in [6.45, 7) is 5.68. The first kappa shape index (κ1) is 22.6. The largest absolute Gasteiger partial charge is 0.490 e. The first-order valence-electron chi connectivity index (χ1n) is 11.5. The molecule has 2 unspecified atom stereocenters. The Labute approximate surface area is 196 Å². The Balaban J connectivity index is 1.35. The molecule has 1 aliphatic rings. The number of carbonyl (C=O) groups is 1. The van der Waals surface area contributed by atoms with Gasteiger partial charge in [-0.05, 0) is 54.7 Å². The van der Waals surface area contributed by atoms with Gasteiger partial charge in [0.15, 0.2) is 0 Å². The first-order valence-corrected chi connectivity index (χ1v) is 11.5. The molecular formula is C28H31N3O2. The number of nitrogens with zero attached hydrogens (tertiary/aromatic N) is 2. The molecule has 5 nitrogen and oxygen atoms in total. The van der Waals surface area contributed by atoms with E-state index in [4.69, 9.17) is 4.74 Å². The van der Waals surface area contributed by atoms with Gasteiger partial charge < -0.3 is 15.0 Å². The number of carbonyl (C=O) groups excluding carboxylic acids is 1. The van der Waals surface area contributed by atoms with Crippen LogP contribution in [-0.4, -0.2) is 35.1 Å². The Hall–Kier alpha value is -3.60. The van der Waals surface area contributed by atoms with Crippen molar-refractivity contribution in [2.45, 2.75) is 32.8 Å². The van der Waals surface area contributed by atoms with E-state index < -0.39 is 0 Å². The van der Waals surface area contributed by atoms with E-state index in [-0.39, 0.29) is 12.1 Å². The van der Waals surface area contributed by atoms with Crippen LogP contribution < -0.4 is 10.1 Å². The van der Waals surface area contributed by atoms with Crippen molar-refractivity contribution in [3.63, 3.8) is 0 Å². The number of benzene rings is 2. The summed E-state index contributed by atoms with van der Waals surface area (Å²) in [6.07, 6.45) is 7.43. The van der Waals surface area contributed by atoms with Crippen LogP contribution in [-0.2, 0) is 6.42 Å². The van der Waals surface area contributed by atoms with E-state index in [0.717, 1.165) is 29.8 Å². The van der Waals surface area contributed by atoms with Gasteiger partial charge in [-0.3, -0.25) is 4.98 Å². The molecule has 2 aromatic carbocycles. The predicted octanol–water partition coefficient (Wildman–Crippen LogP) is 6.05. The van der Waals surface area contributed by atoms with Gasteiger partial charge in [-0.2, -0.15) is 0 Å². The fraction of sp³-hybridized carbons (Fsp3) is 0.286. The van der Waals surface area contributed by atoms with E-state index in [1.165, 1.54) is 11.1 Å². The number of rotatable bonds is 6. The summed E-state index contributed by atoms with van der Waals surface area (Å²) in [5.41, 5.74) is 4.48. The SMILES string of the molecule is CC(Cc1ccccc1)Oc1cccc(/C=C2\CCN(C(=O)Nc3cccnc3)CC2C)c1. The second-order valence-corrected chi connectivity index (χ2v) is 8.68. The number of piperidine rings is 1. The van der Waals surface area contributed by atoms with Gasteiger partial charge in [-0.15, -0.1) is 0 Å². The fourth-order valence-electron chi connectivity index (χ4n) is 4.20. The van der Waals surface area contributed by atoms with E-state index in [1.54, 1.807) is 12.4 Å². The Kier molecular flexibility index (Phi) is 7.40. The van der Waals surface area contributed by atoms with Gasteiger partial charge in [-0.1, -0.05) is 61.0 Å². The van der Waals surface area contributed by atoms with Crippen LogP contribution in [0.1, 0.15) is 31.4 Å². The molecule has 0 spiro atoms. The number of hydrogen-bond acceptors (Lipinski definition) is 3. The van der Waals surface area contributed by atoms with Gasteiger partial charge in [-0.25, -0.2) is 4.79 Å². The molecule has 1 saturated heterocycles. The lowest BCUT2D eigenvalue weighted by atomic mass is 9.91. The summed E-state index contributed by atoms with van der Waals surface area (Å²) in [4.78, 5) is 18.5. The minimum atomic E-state index is -0.0725. The Bertz CT molecular complexity index is 1080. The fourth-order valence-corrected chi connectivity index (χ4v) is 4.20. The number of ether oxygens (including phenoxy) is 1. The number of hydrogen-bond donors (Lipinski definition) is 1. The Morgan fingerprint density at radius 1 is 1.18 bits per heavy atom. The minimum Gasteiger partial charge on any atom is -0.490 e. The second kappa shape index (κ2) is 10.8. The maximum absolute atomic E-state index is 12.6. The monoisotopic (exact) mass is 441 g/mol. The van der Waals surface area contributed by atoms with Crippen LogP contribution in [0.2, 0.25) is 0 Å². The third-order valence-corrected chi connectivity index (χ3v) is 5.91. The molecule has 170 valence electrons. The first-order chi connectivity index (χ1) is 16.1. The molecule has 1 N–H and O–H groups in total. The van der Waals surface area contributed by atoms with Crippen molar-refractivity contribution in [1.82, 2.24) is 9.88 Å². The number of pyridine rings is 1. The Morgan fingerprint density at radius 2 is 2.03 bits per heavy atom. The number of amides is 2. The van der Waals surface area contributed by atoms with Crippen LogP contribution in [0.5, 0.6) is 5.75 Å². The maximum Gasteiger partial charge on any atom is 0.321 e. The minimum absolute atomic E-state index is 0.0725. The lowest BCUT2D eigenvalue weighted by molar-refractivity contribution is 0.198. The van der Waals surface area contributed by atoms with Crippen molar-refractivity contribution in [3.8, 4) is 5.75 Å². The summed E-state index contributed by atoms with van der Waals surface area (Å²) in [6, 6.07) is 22.3. The zero-order valence-electron chi connectivity index (χ0n) is 19.3. The highest BCUT2D eigenvalue weighted by molar-refractivity contribution is 5.89. The highest BCUT2D eigenvalue weighted by atomic mass is 16.5. The van der Waals surface area contributed by atoms with Crippen LogP contribution in [0, 0.1) is 5.92 Å². The van der Waals surface area contributed by atoms with Gasteiger partial charge in [0.2, 0.25) is 0 Å². The standard InChI is InChI=1S/C28H31N3O2/c1-21-20-31(28(32)30-26-11-7-14-29-19-26)15-13-25(21)17-24-10-6-12-27(18-24)33-22(2)16-23-8-4-3-5-9-23/h3-12,14,17-19,21-22H,13,15-16,20H2,1-2H3,(H,30,32)/b25-17+. The molecule has 1 aliphatic heterocycles. The van der Waals surface area contributed by atoms with E-state index in [9.17, 15) is 4.79 Å². The van der Waals surface area contributed by atoms with Gasteiger partial charge in [0.25, 0.3) is 0 Å². The van der Waals surface area contributed by atoms with E-state index >= 15 is 0 Å². The molecule has 0 radical (unpaired) electrons. The second-order valence-electron chi connectivity index (χ2n) is 8.68. The van der Waals surface area contributed by atoms with Crippen LogP contribution >= 0.6 is 0 Å². The molecule has 0 saturated carbocycles. The summed E-state index contributed by atoms with van der Waals surface area (Å²) in [5.74, 6) is 1.17. The number of likely N-dealkylation sites (tertiary alicyclic amines) is 1. The third kappa shape index (κ3) is 6.45. The van der Waals surface area contributed by atoms with Gasteiger partial charge in [0.1, 0.15) is 5.75 Å². The molecule has 1 aromatic heterocycles. The summed E-state index contributed by atoms with van der Waals surface area (Å²) in [7, 11) is 0. The Morgan fingerprint density at radius 3 is 2.79 bits per heavy atom. The van der Waals surface area contributed by atoms with Crippen molar-refractivity contribution in [2.75, 3.05) is 18.4 Å². The molecule has 0 aliphatic carbocycles. The summed E-state index contributed by atoms with van der Waals surface area (Å²) >= 11 is 0. The van der Waals surface area contributed by atoms with E-state index in [0.29, 0.717) is 19.0 Å². The average molecular weight is 442 g/mol. The van der Waals surface area contributed by atoms with Crippen LogP contribution in [0.3, 0.4) is 0 Å². The molecule has 2 heterocycles. The van der Waals surface area contributed by atoms with Gasteiger partial charge >= 0.3 is 6.03 Å². The van der Waals surface area contributed by atoms with Crippen molar-refractivity contribution in [1.29, 1.82) is 0 Å². The van der Waals surface area contributed by atoms with Crippen molar-refractivity contribution >= 4 is 17.8 Å². The lowest BCUT2D eigenvalue weighted by Crippen LogP contribution is -2.42. The average Bonchev–Trinajstić information content (AvgIpc) is 2.82. The predicted molar refractivity (Wildman–Crippen MR) is 133 cm³/mol. The normalized spacial score (nSPS) is 18.1. The molecule has 1 fully saturated rings. The highest BCUT2D eigenvalue weighted by Crippen LogP contribution is 2.27. The lowest BCUT2D eigenvalue weighted by Gasteiger charge is -2.33. The summed E-state index contributed by atoms with van der Waals surface area (Å²) in [5, 5.41) is 2.93. The number of aromatic nitrogens is 1. The van der Waals surface area contributed by atoms with E-state index in [2.05, 4.69) is 66.6 Å². The molecule has 33 heavy (non-hydrogen) atoms. The zero-order chi connectivity index (χ0) is 23.0. The van der Waals surface area contributed by atoms with Crippen molar-refractivity contribution in [3.05, 3.63) is 95.8 Å². The molecule has 2 atom stereocenters. The van der Waals surface area contributed by atoms with Gasteiger partial charge in [0, 0.05) is 25.7 Å². The van der Waals surface area contributed by atoms with Gasteiger partial charge in [0.05, 0.1) is 18.0 Å². The van der Waals surface area contributed by atoms with E-state index in [1.807, 2.05) is 35.2 Å². The van der Waals surface area contributed by atoms with Crippen molar-refractivity contribution in [2.24, 2.45) is 5.92 Å². The van der Waals surface area contributed by atoms with Crippen LogP contribution in [0.25, 0.3) is 6.08 Å². The molecule has 0 bridgehead atoms. The quantitative estimate of drug-likeness (QED) is 0.507. The molecule has 4 rings (SSSR count). The zero-order valence-corrected chi connectivity index (χ0v) is 19.3. The number of urea groups is 1. The molecule has 5 heteroatoms. The van der Waals surface area contributed by atoms with Crippen LogP contribution in [0.4, 0.5) is 10.5 Å². The topological polar surface area (TPSA) is 54.5 Å². The molecule has 3 aromatic rings. The third-order valence-electron chi connectivity index (χ3n) is 5.91. The molecule has 2 amide bonds. The smallest absolute Gasteiger partial charge is 0.321 e. The van der Waals surface area contributed by atoms with Crippen LogP contribution in [0.15, 0.2) is 84.7 Å². The number of nitrogens with one attached hydrogen (secondary N) is 1.